The van der Waals surface area contributed by atoms with Gasteiger partial charge in [-0.1, -0.05) is 36.6 Å². The number of fused-ring (bicyclic) bond motifs is 1. The van der Waals surface area contributed by atoms with Crippen LogP contribution in [0.1, 0.15) is 31.2 Å². The first-order chi connectivity index (χ1) is 10.6. The summed E-state index contributed by atoms with van der Waals surface area (Å²) in [6.45, 7) is 1.22. The van der Waals surface area contributed by atoms with Crippen LogP contribution in [0.3, 0.4) is 0 Å². The number of hydrogen-bond acceptors (Lipinski definition) is 2. The predicted molar refractivity (Wildman–Crippen MR) is 84.2 cm³/mol. The number of imide groups is 1. The van der Waals surface area contributed by atoms with Crippen molar-refractivity contribution in [2.24, 2.45) is 11.8 Å². The molecule has 1 heterocycles. The summed E-state index contributed by atoms with van der Waals surface area (Å²) in [6, 6.07) is 7.70. The van der Waals surface area contributed by atoms with Gasteiger partial charge in [0.05, 0.1) is 18.9 Å². The van der Waals surface area contributed by atoms with E-state index >= 15 is 0 Å². The van der Waals surface area contributed by atoms with Crippen LogP contribution in [0.2, 0.25) is 5.02 Å². The summed E-state index contributed by atoms with van der Waals surface area (Å²) in [5.41, 5.74) is 1.15. The largest absolute Gasteiger partial charge is 0.316 e. The number of halogens is 1. The Morgan fingerprint density at radius 1 is 1.09 bits per heavy atom. The van der Waals surface area contributed by atoms with Crippen molar-refractivity contribution in [1.29, 1.82) is 0 Å². The molecule has 1 unspecified atom stereocenters. The van der Waals surface area contributed by atoms with Crippen LogP contribution in [0, 0.1) is 11.8 Å². The molecule has 5 heteroatoms. The Morgan fingerprint density at radius 3 is 2.18 bits per heavy atom. The zero-order chi connectivity index (χ0) is 15.7. The molecule has 3 rings (SSSR count). The van der Waals surface area contributed by atoms with Crippen LogP contribution in [0.4, 0.5) is 0 Å². The summed E-state index contributed by atoms with van der Waals surface area (Å²) in [5.74, 6) is -0.00974. The summed E-state index contributed by atoms with van der Waals surface area (Å²) in [5, 5.41) is 0.718. The lowest BCUT2D eigenvalue weighted by molar-refractivity contribution is -0.901. The van der Waals surface area contributed by atoms with Gasteiger partial charge in [0, 0.05) is 10.6 Å². The first-order valence-electron chi connectivity index (χ1n) is 7.97. The lowest BCUT2D eigenvalue weighted by Crippen LogP contribution is -3.09. The zero-order valence-electron chi connectivity index (χ0n) is 12.8. The maximum absolute atomic E-state index is 12.5. The standard InChI is InChI=1S/C17H21ClN2O2/c1-19(10-12-6-8-13(18)9-7-12)11-20-16(21)14-4-2-3-5-15(14)17(20)22/h6-9,14-15H,2-5,10-11H2,1H3/p+1/t14-,15-/m0/s1. The maximum atomic E-state index is 12.5. The van der Waals surface area contributed by atoms with Crippen molar-refractivity contribution in [3.8, 4) is 0 Å². The van der Waals surface area contributed by atoms with Gasteiger partial charge in [-0.15, -0.1) is 0 Å². The molecule has 0 aromatic heterocycles. The van der Waals surface area contributed by atoms with E-state index in [2.05, 4.69) is 0 Å². The Hall–Kier alpha value is -1.39. The molecule has 2 fully saturated rings. The number of nitrogens with zero attached hydrogens (tertiary/aromatic N) is 1. The second-order valence-corrected chi connectivity index (χ2v) is 6.96. The number of hydrogen-bond donors (Lipinski definition) is 1. The lowest BCUT2D eigenvalue weighted by Gasteiger charge is -2.20. The zero-order valence-corrected chi connectivity index (χ0v) is 13.6. The van der Waals surface area contributed by atoms with Crippen molar-refractivity contribution in [3.63, 3.8) is 0 Å². The fraction of sp³-hybridized carbons (Fsp3) is 0.529. The number of amides is 2. The quantitative estimate of drug-likeness (QED) is 0.854. The Morgan fingerprint density at radius 2 is 1.64 bits per heavy atom. The van der Waals surface area contributed by atoms with Gasteiger partial charge in [0.1, 0.15) is 6.54 Å². The maximum Gasteiger partial charge on any atom is 0.237 e. The molecule has 22 heavy (non-hydrogen) atoms. The Kier molecular flexibility index (Phi) is 4.50. The molecule has 2 aliphatic rings. The average Bonchev–Trinajstić information content (AvgIpc) is 2.75. The van der Waals surface area contributed by atoms with E-state index in [1.54, 1.807) is 0 Å². The molecule has 1 aromatic carbocycles. The summed E-state index contributed by atoms with van der Waals surface area (Å²) in [4.78, 5) is 27.5. The molecule has 0 radical (unpaired) electrons. The molecule has 3 atom stereocenters. The van der Waals surface area contributed by atoms with Crippen molar-refractivity contribution < 1.29 is 14.5 Å². The smallest absolute Gasteiger partial charge is 0.237 e. The molecule has 2 amide bonds. The molecule has 1 N–H and O–H groups in total. The molecule has 0 spiro atoms. The number of carbonyl (C=O) groups is 2. The number of likely N-dealkylation sites (tertiary alicyclic amines) is 1. The second kappa shape index (κ2) is 6.39. The molecule has 0 bridgehead atoms. The van der Waals surface area contributed by atoms with E-state index < -0.39 is 0 Å². The van der Waals surface area contributed by atoms with Gasteiger partial charge in [0.25, 0.3) is 0 Å². The van der Waals surface area contributed by atoms with Gasteiger partial charge in [-0.3, -0.25) is 9.59 Å². The molecule has 1 aliphatic heterocycles. The van der Waals surface area contributed by atoms with E-state index in [1.165, 1.54) is 4.90 Å². The van der Waals surface area contributed by atoms with Gasteiger partial charge in [-0.05, 0) is 25.0 Å². The summed E-state index contributed by atoms with van der Waals surface area (Å²) in [7, 11) is 2.01. The molecule has 118 valence electrons. The van der Waals surface area contributed by atoms with Crippen LogP contribution in [-0.2, 0) is 16.1 Å². The van der Waals surface area contributed by atoms with Crippen molar-refractivity contribution >= 4 is 23.4 Å². The molecule has 1 aliphatic carbocycles. The van der Waals surface area contributed by atoms with Crippen molar-refractivity contribution in [3.05, 3.63) is 34.9 Å². The predicted octanol–water partition coefficient (Wildman–Crippen LogP) is 1.49. The number of rotatable bonds is 4. The molecule has 1 saturated carbocycles. The summed E-state index contributed by atoms with van der Waals surface area (Å²) in [6.07, 6.45) is 3.90. The van der Waals surface area contributed by atoms with Crippen molar-refractivity contribution in [2.45, 2.75) is 32.2 Å². The number of benzene rings is 1. The number of quaternary nitrogens is 1. The van der Waals surface area contributed by atoms with E-state index in [4.69, 9.17) is 11.6 Å². The molecular formula is C17H22ClN2O2+. The minimum Gasteiger partial charge on any atom is -0.316 e. The van der Waals surface area contributed by atoms with E-state index in [1.807, 2.05) is 31.3 Å². The summed E-state index contributed by atoms with van der Waals surface area (Å²) < 4.78 is 0. The fourth-order valence-electron chi connectivity index (χ4n) is 3.66. The fourth-order valence-corrected chi connectivity index (χ4v) is 3.79. The summed E-state index contributed by atoms with van der Waals surface area (Å²) >= 11 is 5.89. The minimum atomic E-state index is -0.0513. The van der Waals surface area contributed by atoms with Crippen LogP contribution in [-0.4, -0.2) is 30.4 Å². The van der Waals surface area contributed by atoms with Gasteiger partial charge >= 0.3 is 0 Å². The monoisotopic (exact) mass is 321 g/mol. The van der Waals surface area contributed by atoms with Gasteiger partial charge in [-0.25, -0.2) is 4.90 Å². The molecular weight excluding hydrogens is 300 g/mol. The van der Waals surface area contributed by atoms with E-state index in [9.17, 15) is 9.59 Å². The highest BCUT2D eigenvalue weighted by Crippen LogP contribution is 2.37. The average molecular weight is 322 g/mol. The second-order valence-electron chi connectivity index (χ2n) is 6.52. The number of nitrogens with one attached hydrogen (secondary N) is 1. The van der Waals surface area contributed by atoms with Crippen molar-refractivity contribution in [1.82, 2.24) is 4.90 Å². The Bertz CT molecular complexity index is 549. The molecule has 1 saturated heterocycles. The van der Waals surface area contributed by atoms with Crippen LogP contribution in [0.15, 0.2) is 24.3 Å². The minimum absolute atomic E-state index is 0.0464. The first kappa shape index (κ1) is 15.5. The third-order valence-electron chi connectivity index (χ3n) is 4.78. The lowest BCUT2D eigenvalue weighted by atomic mass is 9.81. The Labute approximate surface area is 136 Å². The van der Waals surface area contributed by atoms with E-state index in [0.717, 1.165) is 47.7 Å². The normalized spacial score (nSPS) is 26.2. The highest BCUT2D eigenvalue weighted by atomic mass is 35.5. The topological polar surface area (TPSA) is 41.8 Å². The highest BCUT2D eigenvalue weighted by molar-refractivity contribution is 6.30. The third kappa shape index (κ3) is 3.03. The van der Waals surface area contributed by atoms with Crippen LogP contribution >= 0.6 is 11.6 Å². The molecule has 1 aromatic rings. The van der Waals surface area contributed by atoms with E-state index in [-0.39, 0.29) is 23.7 Å². The van der Waals surface area contributed by atoms with Crippen LogP contribution in [0.5, 0.6) is 0 Å². The third-order valence-corrected chi connectivity index (χ3v) is 5.03. The highest BCUT2D eigenvalue weighted by Gasteiger charge is 2.48. The number of carbonyl (C=O) groups excluding carboxylic acids is 2. The molecule has 4 nitrogen and oxygen atoms in total. The van der Waals surface area contributed by atoms with Crippen molar-refractivity contribution in [2.75, 3.05) is 13.7 Å². The first-order valence-corrected chi connectivity index (χ1v) is 8.35. The van der Waals surface area contributed by atoms with Gasteiger partial charge in [0.2, 0.25) is 11.8 Å². The SMILES string of the molecule is C[NH+](Cc1ccc(Cl)cc1)CN1C(=O)[C@H]2CCCC[C@@H]2C1=O. The van der Waals surface area contributed by atoms with Gasteiger partial charge < -0.3 is 4.90 Å². The van der Waals surface area contributed by atoms with E-state index in [0.29, 0.717) is 6.67 Å². The van der Waals surface area contributed by atoms with Gasteiger partial charge in [0.15, 0.2) is 6.67 Å². The Balaban J connectivity index is 1.63. The van der Waals surface area contributed by atoms with Crippen LogP contribution in [0.25, 0.3) is 0 Å². The van der Waals surface area contributed by atoms with Gasteiger partial charge in [-0.2, -0.15) is 0 Å². The van der Waals surface area contributed by atoms with Crippen LogP contribution < -0.4 is 4.90 Å².